The fraction of sp³-hybridized carbons (Fsp3) is 0.250. The van der Waals surface area contributed by atoms with Gasteiger partial charge in [0.15, 0.2) is 0 Å². The first-order valence-electron chi connectivity index (χ1n) is 5.64. The van der Waals surface area contributed by atoms with Crippen LogP contribution >= 0.6 is 0 Å². The molecule has 7 heteroatoms. The first-order chi connectivity index (χ1) is 8.97. The highest BCUT2D eigenvalue weighted by Crippen LogP contribution is 2.12. The van der Waals surface area contributed by atoms with Crippen LogP contribution in [-0.4, -0.2) is 29.7 Å². The molecule has 0 aliphatic heterocycles. The number of rotatable bonds is 5. The molecule has 0 fully saturated rings. The third kappa shape index (κ3) is 3.62. The largest absolute Gasteiger partial charge is 0.347 e. The number of nitrogens with one attached hydrogen (secondary N) is 1. The van der Waals surface area contributed by atoms with Crippen LogP contribution in [0.3, 0.4) is 0 Å². The van der Waals surface area contributed by atoms with Crippen molar-refractivity contribution in [1.82, 2.24) is 14.3 Å². The SMILES string of the molecule is CN(Cc1ncc[nH]1)S(=O)(=O)Cc1ccc(F)cc1. The predicted molar refractivity (Wildman–Crippen MR) is 69.1 cm³/mol. The second kappa shape index (κ2) is 5.50. The van der Waals surface area contributed by atoms with Crippen LogP contribution in [0.2, 0.25) is 0 Å². The maximum Gasteiger partial charge on any atom is 0.218 e. The van der Waals surface area contributed by atoms with E-state index in [9.17, 15) is 12.8 Å². The van der Waals surface area contributed by atoms with E-state index in [1.54, 1.807) is 12.4 Å². The molecule has 0 aliphatic carbocycles. The summed E-state index contributed by atoms with van der Waals surface area (Å²) >= 11 is 0. The molecule has 1 N–H and O–H groups in total. The third-order valence-corrected chi connectivity index (χ3v) is 4.44. The summed E-state index contributed by atoms with van der Waals surface area (Å²) in [6.07, 6.45) is 3.20. The van der Waals surface area contributed by atoms with Crippen LogP contribution in [-0.2, 0) is 22.3 Å². The lowest BCUT2D eigenvalue weighted by Crippen LogP contribution is -2.28. The molecule has 0 amide bonds. The molecule has 0 spiro atoms. The van der Waals surface area contributed by atoms with Gasteiger partial charge in [0, 0.05) is 19.4 Å². The van der Waals surface area contributed by atoms with Gasteiger partial charge in [-0.05, 0) is 17.7 Å². The van der Waals surface area contributed by atoms with E-state index in [2.05, 4.69) is 9.97 Å². The van der Waals surface area contributed by atoms with Crippen molar-refractivity contribution >= 4 is 10.0 Å². The summed E-state index contributed by atoms with van der Waals surface area (Å²) < 4.78 is 38.2. The lowest BCUT2D eigenvalue weighted by Gasteiger charge is -2.15. The van der Waals surface area contributed by atoms with Gasteiger partial charge in [0.25, 0.3) is 0 Å². The average Bonchev–Trinajstić information content (AvgIpc) is 2.84. The average molecular weight is 283 g/mol. The molecule has 1 heterocycles. The quantitative estimate of drug-likeness (QED) is 0.904. The van der Waals surface area contributed by atoms with Crippen LogP contribution in [0, 0.1) is 5.82 Å². The van der Waals surface area contributed by atoms with E-state index in [0.29, 0.717) is 11.4 Å². The van der Waals surface area contributed by atoms with E-state index >= 15 is 0 Å². The summed E-state index contributed by atoms with van der Waals surface area (Å²) in [7, 11) is -1.96. The van der Waals surface area contributed by atoms with E-state index in [1.165, 1.54) is 35.6 Å². The van der Waals surface area contributed by atoms with Gasteiger partial charge in [0.05, 0.1) is 12.3 Å². The number of H-pyrrole nitrogens is 1. The number of hydrogen-bond acceptors (Lipinski definition) is 3. The van der Waals surface area contributed by atoms with E-state index in [-0.39, 0.29) is 18.1 Å². The highest BCUT2D eigenvalue weighted by Gasteiger charge is 2.19. The number of nitrogens with zero attached hydrogens (tertiary/aromatic N) is 2. The molecule has 0 saturated carbocycles. The molecular weight excluding hydrogens is 269 g/mol. The Labute approximate surface area is 111 Å². The van der Waals surface area contributed by atoms with Gasteiger partial charge in [0.2, 0.25) is 10.0 Å². The minimum atomic E-state index is -3.45. The standard InChI is InChI=1S/C12H14FN3O2S/c1-16(8-12-14-6-7-15-12)19(17,18)9-10-2-4-11(13)5-3-10/h2-7H,8-9H2,1H3,(H,14,15). The van der Waals surface area contributed by atoms with E-state index < -0.39 is 10.0 Å². The second-order valence-electron chi connectivity index (χ2n) is 4.17. The van der Waals surface area contributed by atoms with E-state index in [1.807, 2.05) is 0 Å². The summed E-state index contributed by atoms with van der Waals surface area (Å²) in [4.78, 5) is 6.82. The first-order valence-corrected chi connectivity index (χ1v) is 7.25. The lowest BCUT2D eigenvalue weighted by atomic mass is 10.2. The van der Waals surface area contributed by atoms with Crippen molar-refractivity contribution in [3.63, 3.8) is 0 Å². The molecule has 0 bridgehead atoms. The van der Waals surface area contributed by atoms with Crippen molar-refractivity contribution in [3.8, 4) is 0 Å². The topological polar surface area (TPSA) is 66.1 Å². The molecule has 5 nitrogen and oxygen atoms in total. The Kier molecular flexibility index (Phi) is 3.96. The van der Waals surface area contributed by atoms with Gasteiger partial charge in [-0.3, -0.25) is 0 Å². The molecule has 2 rings (SSSR count). The zero-order valence-corrected chi connectivity index (χ0v) is 11.2. The number of sulfonamides is 1. The number of hydrogen-bond donors (Lipinski definition) is 1. The number of aromatic nitrogens is 2. The molecular formula is C12H14FN3O2S. The summed E-state index contributed by atoms with van der Waals surface area (Å²) in [5.41, 5.74) is 0.549. The summed E-state index contributed by atoms with van der Waals surface area (Å²) in [6, 6.07) is 5.43. The molecule has 0 unspecified atom stereocenters. The van der Waals surface area contributed by atoms with Crippen LogP contribution in [0.25, 0.3) is 0 Å². The Bertz CT molecular complexity index is 624. The Morgan fingerprint density at radius 1 is 1.32 bits per heavy atom. The normalized spacial score (nSPS) is 11.9. The van der Waals surface area contributed by atoms with Gasteiger partial charge in [-0.1, -0.05) is 12.1 Å². The summed E-state index contributed by atoms with van der Waals surface area (Å²) in [5.74, 6) is 0.0279. The maximum atomic E-state index is 12.8. The minimum Gasteiger partial charge on any atom is -0.347 e. The van der Waals surface area contributed by atoms with Crippen LogP contribution < -0.4 is 0 Å². The predicted octanol–water partition coefficient (Wildman–Crippen LogP) is 1.51. The highest BCUT2D eigenvalue weighted by molar-refractivity contribution is 7.88. The second-order valence-corrected chi connectivity index (χ2v) is 6.25. The molecule has 0 aliphatic rings. The van der Waals surface area contributed by atoms with Gasteiger partial charge in [-0.2, -0.15) is 4.31 Å². The van der Waals surface area contributed by atoms with Crippen LogP contribution in [0.1, 0.15) is 11.4 Å². The van der Waals surface area contributed by atoms with E-state index in [4.69, 9.17) is 0 Å². The number of benzene rings is 1. The summed E-state index contributed by atoms with van der Waals surface area (Å²) in [5, 5.41) is 0. The Morgan fingerprint density at radius 2 is 2.00 bits per heavy atom. The van der Waals surface area contributed by atoms with Crippen molar-refractivity contribution < 1.29 is 12.8 Å². The number of imidazole rings is 1. The lowest BCUT2D eigenvalue weighted by molar-refractivity contribution is 0.457. The van der Waals surface area contributed by atoms with Crippen molar-refractivity contribution in [3.05, 3.63) is 53.9 Å². The fourth-order valence-corrected chi connectivity index (χ4v) is 2.75. The molecule has 19 heavy (non-hydrogen) atoms. The van der Waals surface area contributed by atoms with Gasteiger partial charge in [-0.25, -0.2) is 17.8 Å². The third-order valence-electron chi connectivity index (χ3n) is 2.66. The zero-order valence-electron chi connectivity index (χ0n) is 10.4. The van der Waals surface area contributed by atoms with Gasteiger partial charge < -0.3 is 4.98 Å². The first kappa shape index (κ1) is 13.7. The Morgan fingerprint density at radius 3 is 2.58 bits per heavy atom. The van der Waals surface area contributed by atoms with Crippen LogP contribution in [0.15, 0.2) is 36.7 Å². The van der Waals surface area contributed by atoms with Crippen LogP contribution in [0.5, 0.6) is 0 Å². The molecule has 102 valence electrons. The fourth-order valence-electron chi connectivity index (χ4n) is 1.60. The van der Waals surface area contributed by atoms with Crippen molar-refractivity contribution in [2.45, 2.75) is 12.3 Å². The smallest absolute Gasteiger partial charge is 0.218 e. The Balaban J connectivity index is 2.07. The zero-order chi connectivity index (χ0) is 13.9. The summed E-state index contributed by atoms with van der Waals surface area (Å²) in [6.45, 7) is 0.177. The van der Waals surface area contributed by atoms with E-state index in [0.717, 1.165) is 0 Å². The monoisotopic (exact) mass is 283 g/mol. The molecule has 0 saturated heterocycles. The molecule has 0 atom stereocenters. The number of aromatic amines is 1. The minimum absolute atomic E-state index is 0.162. The molecule has 0 radical (unpaired) electrons. The van der Waals surface area contributed by atoms with Gasteiger partial charge >= 0.3 is 0 Å². The Hall–Kier alpha value is -1.73. The van der Waals surface area contributed by atoms with Crippen LogP contribution in [0.4, 0.5) is 4.39 Å². The highest BCUT2D eigenvalue weighted by atomic mass is 32.2. The number of halogens is 1. The molecule has 1 aromatic heterocycles. The van der Waals surface area contributed by atoms with Crippen molar-refractivity contribution in [1.29, 1.82) is 0 Å². The maximum absolute atomic E-state index is 12.8. The van der Waals surface area contributed by atoms with Gasteiger partial charge in [0.1, 0.15) is 11.6 Å². The van der Waals surface area contributed by atoms with Crippen molar-refractivity contribution in [2.24, 2.45) is 0 Å². The van der Waals surface area contributed by atoms with Gasteiger partial charge in [-0.15, -0.1) is 0 Å². The molecule has 2 aromatic rings. The molecule has 1 aromatic carbocycles. The van der Waals surface area contributed by atoms with Crippen molar-refractivity contribution in [2.75, 3.05) is 7.05 Å².